The summed E-state index contributed by atoms with van der Waals surface area (Å²) in [6, 6.07) is 0.991. The smallest absolute Gasteiger partial charge is 0.273 e. The molecule has 0 saturated carbocycles. The predicted molar refractivity (Wildman–Crippen MR) is 98.9 cm³/mol. The maximum atomic E-state index is 13.8. The van der Waals surface area contributed by atoms with E-state index < -0.39 is 22.2 Å². The summed E-state index contributed by atoms with van der Waals surface area (Å²) in [5.74, 6) is -0.709. The molecule has 3 rings (SSSR count). The largest absolute Gasteiger partial charge is 0.334 e. The maximum Gasteiger partial charge on any atom is 0.334 e. The van der Waals surface area contributed by atoms with Crippen LogP contribution in [0.5, 0.6) is 0 Å². The highest BCUT2D eigenvalue weighted by atomic mass is 35.5. The summed E-state index contributed by atoms with van der Waals surface area (Å²) in [5.41, 5.74) is 0.859. The molecule has 0 radical (unpaired) electrons. The lowest BCUT2D eigenvalue weighted by molar-refractivity contribution is 0.623. The van der Waals surface area contributed by atoms with Crippen LogP contribution in [0.15, 0.2) is 28.0 Å². The van der Waals surface area contributed by atoms with Gasteiger partial charge in [-0.1, -0.05) is 39.3 Å². The monoisotopic (exact) mass is 376 g/mol. The van der Waals surface area contributed by atoms with Crippen LogP contribution in [0.4, 0.5) is 4.39 Å². The molecule has 8 heteroatoms. The standard InChI is InChI=1S/C18H18ClFN4O2/c1-8(2)11-6-21-7-12(9(3)4)14(11)24-16-10(17(25)23-18(24)26)5-13(20)15(19)22-16/h5-9H,1-4H3,(H,23,25,26). The Morgan fingerprint density at radius 3 is 2.23 bits per heavy atom. The van der Waals surface area contributed by atoms with Crippen LogP contribution in [0.2, 0.25) is 5.15 Å². The van der Waals surface area contributed by atoms with Crippen LogP contribution < -0.4 is 11.2 Å². The van der Waals surface area contributed by atoms with E-state index in [0.29, 0.717) is 5.69 Å². The second-order valence-electron chi connectivity index (χ2n) is 6.70. The van der Waals surface area contributed by atoms with Crippen molar-refractivity contribution in [2.24, 2.45) is 0 Å². The first kappa shape index (κ1) is 18.3. The number of rotatable bonds is 3. The number of hydrogen-bond donors (Lipinski definition) is 1. The van der Waals surface area contributed by atoms with Gasteiger partial charge < -0.3 is 0 Å². The molecule has 0 unspecified atom stereocenters. The van der Waals surface area contributed by atoms with Gasteiger partial charge in [0, 0.05) is 12.4 Å². The van der Waals surface area contributed by atoms with E-state index in [-0.39, 0.29) is 22.9 Å². The molecule has 0 amide bonds. The van der Waals surface area contributed by atoms with Crippen LogP contribution in [-0.2, 0) is 0 Å². The predicted octanol–water partition coefficient (Wildman–Crippen LogP) is 3.51. The van der Waals surface area contributed by atoms with E-state index in [0.717, 1.165) is 17.2 Å². The lowest BCUT2D eigenvalue weighted by Gasteiger charge is -2.21. The third-order valence-electron chi connectivity index (χ3n) is 4.23. The third-order valence-corrected chi connectivity index (χ3v) is 4.50. The van der Waals surface area contributed by atoms with Gasteiger partial charge in [0.25, 0.3) is 5.56 Å². The summed E-state index contributed by atoms with van der Waals surface area (Å²) in [6.45, 7) is 7.90. The molecule has 0 atom stereocenters. The summed E-state index contributed by atoms with van der Waals surface area (Å²) >= 11 is 5.83. The molecule has 3 aromatic rings. The zero-order chi connectivity index (χ0) is 19.2. The van der Waals surface area contributed by atoms with Gasteiger partial charge in [-0.25, -0.2) is 18.7 Å². The molecule has 0 spiro atoms. The van der Waals surface area contributed by atoms with Crippen LogP contribution in [0.25, 0.3) is 16.7 Å². The van der Waals surface area contributed by atoms with Crippen molar-refractivity contribution in [3.8, 4) is 5.69 Å². The Morgan fingerprint density at radius 1 is 1.12 bits per heavy atom. The van der Waals surface area contributed by atoms with Gasteiger partial charge in [-0.2, -0.15) is 0 Å². The van der Waals surface area contributed by atoms with Crippen LogP contribution in [0, 0.1) is 5.82 Å². The van der Waals surface area contributed by atoms with Crippen LogP contribution in [-0.4, -0.2) is 19.5 Å². The summed E-state index contributed by atoms with van der Waals surface area (Å²) < 4.78 is 15.1. The van der Waals surface area contributed by atoms with Crippen molar-refractivity contribution in [1.82, 2.24) is 19.5 Å². The fourth-order valence-electron chi connectivity index (χ4n) is 2.91. The molecule has 0 fully saturated rings. The van der Waals surface area contributed by atoms with E-state index in [1.165, 1.54) is 4.57 Å². The molecular formula is C18H18ClFN4O2. The Bertz CT molecular complexity index is 1090. The van der Waals surface area contributed by atoms with Crippen molar-refractivity contribution < 1.29 is 4.39 Å². The van der Waals surface area contributed by atoms with Gasteiger partial charge in [0.1, 0.15) is 0 Å². The average molecular weight is 377 g/mol. The lowest BCUT2D eigenvalue weighted by Crippen LogP contribution is -2.31. The van der Waals surface area contributed by atoms with Gasteiger partial charge in [0.15, 0.2) is 16.6 Å². The summed E-state index contributed by atoms with van der Waals surface area (Å²) in [5, 5.41) is -0.449. The second kappa shape index (κ2) is 6.64. The van der Waals surface area contributed by atoms with Crippen molar-refractivity contribution in [2.45, 2.75) is 39.5 Å². The first-order valence-corrected chi connectivity index (χ1v) is 8.59. The van der Waals surface area contributed by atoms with Gasteiger partial charge in [0.2, 0.25) is 0 Å². The number of pyridine rings is 2. The minimum Gasteiger partial charge on any atom is -0.273 e. The number of nitrogens with one attached hydrogen (secondary N) is 1. The van der Waals surface area contributed by atoms with E-state index >= 15 is 0 Å². The molecule has 0 aliphatic heterocycles. The van der Waals surface area contributed by atoms with Crippen molar-refractivity contribution in [3.63, 3.8) is 0 Å². The molecule has 136 valence electrons. The Labute approximate surface area is 153 Å². The number of fused-ring (bicyclic) bond motifs is 1. The number of hydrogen-bond acceptors (Lipinski definition) is 4. The van der Waals surface area contributed by atoms with Crippen LogP contribution in [0.3, 0.4) is 0 Å². The quantitative estimate of drug-likeness (QED) is 0.709. The Kier molecular flexibility index (Phi) is 4.66. The molecule has 0 aliphatic carbocycles. The van der Waals surface area contributed by atoms with E-state index in [1.807, 2.05) is 27.7 Å². The molecule has 26 heavy (non-hydrogen) atoms. The van der Waals surface area contributed by atoms with Gasteiger partial charge in [-0.3, -0.25) is 14.8 Å². The van der Waals surface area contributed by atoms with E-state index in [2.05, 4.69) is 15.0 Å². The minimum absolute atomic E-state index is 0.0140. The molecule has 3 aromatic heterocycles. The van der Waals surface area contributed by atoms with Crippen molar-refractivity contribution >= 4 is 22.6 Å². The molecule has 3 heterocycles. The normalized spacial score (nSPS) is 11.7. The molecule has 0 aliphatic rings. The molecule has 6 nitrogen and oxygen atoms in total. The average Bonchev–Trinajstić information content (AvgIpc) is 2.56. The van der Waals surface area contributed by atoms with E-state index in [4.69, 9.17) is 11.6 Å². The Morgan fingerprint density at radius 2 is 1.69 bits per heavy atom. The maximum absolute atomic E-state index is 13.8. The van der Waals surface area contributed by atoms with Gasteiger partial charge in [-0.05, 0) is 29.0 Å². The molecule has 0 bridgehead atoms. The Hall–Kier alpha value is -2.54. The lowest BCUT2D eigenvalue weighted by atomic mass is 9.95. The molecular weight excluding hydrogens is 359 g/mol. The number of aromatic nitrogens is 4. The van der Waals surface area contributed by atoms with E-state index in [1.54, 1.807) is 12.4 Å². The topological polar surface area (TPSA) is 80.6 Å². The SMILES string of the molecule is CC(C)c1cncc(C(C)C)c1-n1c(=O)[nH]c(=O)c2cc(F)c(Cl)nc21. The fraction of sp³-hybridized carbons (Fsp3) is 0.333. The van der Waals surface area contributed by atoms with Crippen molar-refractivity contribution in [3.05, 3.63) is 61.4 Å². The van der Waals surface area contributed by atoms with Gasteiger partial charge in [-0.15, -0.1) is 0 Å². The molecule has 1 N–H and O–H groups in total. The summed E-state index contributed by atoms with van der Waals surface area (Å²) in [6.07, 6.45) is 3.36. The van der Waals surface area contributed by atoms with Gasteiger partial charge >= 0.3 is 5.69 Å². The van der Waals surface area contributed by atoms with Crippen LogP contribution >= 0.6 is 11.6 Å². The first-order chi connectivity index (χ1) is 12.2. The number of H-pyrrole nitrogens is 1. The van der Waals surface area contributed by atoms with Crippen molar-refractivity contribution in [1.29, 1.82) is 0 Å². The molecule has 0 aromatic carbocycles. The highest BCUT2D eigenvalue weighted by Gasteiger charge is 2.21. The zero-order valence-electron chi connectivity index (χ0n) is 14.8. The van der Waals surface area contributed by atoms with Crippen molar-refractivity contribution in [2.75, 3.05) is 0 Å². The number of nitrogens with zero attached hydrogens (tertiary/aromatic N) is 3. The van der Waals surface area contributed by atoms with Gasteiger partial charge in [0.05, 0.1) is 11.1 Å². The number of aromatic amines is 1. The van der Waals surface area contributed by atoms with E-state index in [9.17, 15) is 14.0 Å². The van der Waals surface area contributed by atoms with Crippen LogP contribution in [0.1, 0.15) is 50.7 Å². The third kappa shape index (κ3) is 2.92. The highest BCUT2D eigenvalue weighted by Crippen LogP contribution is 2.30. The second-order valence-corrected chi connectivity index (χ2v) is 7.06. The molecule has 0 saturated heterocycles. The summed E-state index contributed by atoms with van der Waals surface area (Å²) in [4.78, 5) is 35.4. The summed E-state index contributed by atoms with van der Waals surface area (Å²) in [7, 11) is 0. The Balaban J connectivity index is 2.57. The first-order valence-electron chi connectivity index (χ1n) is 8.21. The highest BCUT2D eigenvalue weighted by molar-refractivity contribution is 6.29. The fourth-order valence-corrected chi connectivity index (χ4v) is 3.04. The number of halogens is 2. The zero-order valence-corrected chi connectivity index (χ0v) is 15.6. The minimum atomic E-state index is -0.822.